The molecule has 1 aliphatic heterocycles. The Kier molecular flexibility index (Phi) is 3.42. The SMILES string of the molecule is Clc1cccc(CNc2ncnc3c2nc2n3CCCC2)c1. The third-order valence-electron chi connectivity index (χ3n) is 3.99. The molecule has 0 saturated carbocycles. The number of benzene rings is 1. The molecule has 1 N–H and O–H groups in total. The Morgan fingerprint density at radius 2 is 2.18 bits per heavy atom. The van der Waals surface area contributed by atoms with E-state index in [1.165, 1.54) is 12.8 Å². The molecule has 1 aliphatic rings. The number of hydrogen-bond donors (Lipinski definition) is 1. The van der Waals surface area contributed by atoms with Crippen molar-refractivity contribution < 1.29 is 0 Å². The number of nitrogens with zero attached hydrogens (tertiary/aromatic N) is 4. The van der Waals surface area contributed by atoms with Crippen molar-refractivity contribution in [3.05, 3.63) is 47.0 Å². The van der Waals surface area contributed by atoms with Gasteiger partial charge in [0, 0.05) is 24.5 Å². The molecular weight excluding hydrogens is 298 g/mol. The molecule has 0 amide bonds. The summed E-state index contributed by atoms with van der Waals surface area (Å²) in [6, 6.07) is 7.81. The molecule has 0 unspecified atom stereocenters. The van der Waals surface area contributed by atoms with Crippen LogP contribution < -0.4 is 5.32 Å². The van der Waals surface area contributed by atoms with Gasteiger partial charge in [-0.15, -0.1) is 0 Å². The average Bonchev–Trinajstić information content (AvgIpc) is 2.92. The maximum Gasteiger partial charge on any atom is 0.165 e. The zero-order valence-electron chi connectivity index (χ0n) is 12.1. The molecule has 3 heterocycles. The van der Waals surface area contributed by atoms with Crippen molar-refractivity contribution in [1.29, 1.82) is 0 Å². The Bertz CT molecular complexity index is 827. The van der Waals surface area contributed by atoms with E-state index in [2.05, 4.69) is 19.9 Å². The highest BCUT2D eigenvalue weighted by atomic mass is 35.5. The van der Waals surface area contributed by atoms with Crippen LogP contribution in [0.2, 0.25) is 5.02 Å². The van der Waals surface area contributed by atoms with Crippen molar-refractivity contribution in [3.8, 4) is 0 Å². The molecule has 22 heavy (non-hydrogen) atoms. The van der Waals surface area contributed by atoms with Gasteiger partial charge in [-0.25, -0.2) is 15.0 Å². The fourth-order valence-corrected chi connectivity index (χ4v) is 3.14. The highest BCUT2D eigenvalue weighted by Crippen LogP contribution is 2.24. The zero-order valence-corrected chi connectivity index (χ0v) is 12.8. The maximum absolute atomic E-state index is 6.02. The number of anilines is 1. The van der Waals surface area contributed by atoms with Gasteiger partial charge in [-0.05, 0) is 30.5 Å². The number of aryl methyl sites for hydroxylation is 2. The summed E-state index contributed by atoms with van der Waals surface area (Å²) in [5.41, 5.74) is 2.91. The van der Waals surface area contributed by atoms with E-state index in [-0.39, 0.29) is 0 Å². The predicted molar refractivity (Wildman–Crippen MR) is 87.0 cm³/mol. The van der Waals surface area contributed by atoms with Crippen molar-refractivity contribution in [2.24, 2.45) is 0 Å². The quantitative estimate of drug-likeness (QED) is 0.805. The number of imidazole rings is 1. The Morgan fingerprint density at radius 1 is 1.23 bits per heavy atom. The van der Waals surface area contributed by atoms with E-state index in [0.717, 1.165) is 46.4 Å². The summed E-state index contributed by atoms with van der Waals surface area (Å²) in [5, 5.41) is 4.10. The van der Waals surface area contributed by atoms with Crippen LogP contribution in [0.4, 0.5) is 5.82 Å². The third kappa shape index (κ3) is 2.41. The fraction of sp³-hybridized carbons (Fsp3) is 0.312. The van der Waals surface area contributed by atoms with Crippen molar-refractivity contribution in [2.45, 2.75) is 32.4 Å². The fourth-order valence-electron chi connectivity index (χ4n) is 2.92. The number of nitrogens with one attached hydrogen (secondary N) is 1. The zero-order chi connectivity index (χ0) is 14.9. The highest BCUT2D eigenvalue weighted by Gasteiger charge is 2.18. The van der Waals surface area contributed by atoms with Gasteiger partial charge in [0.25, 0.3) is 0 Å². The maximum atomic E-state index is 6.02. The summed E-state index contributed by atoms with van der Waals surface area (Å²) in [6.45, 7) is 1.66. The first-order valence-corrected chi connectivity index (χ1v) is 7.87. The Balaban J connectivity index is 1.65. The van der Waals surface area contributed by atoms with Gasteiger partial charge in [0.05, 0.1) is 0 Å². The van der Waals surface area contributed by atoms with Crippen LogP contribution in [-0.2, 0) is 19.5 Å². The van der Waals surface area contributed by atoms with Crippen LogP contribution in [0.3, 0.4) is 0 Å². The molecule has 4 rings (SSSR count). The first-order valence-electron chi connectivity index (χ1n) is 7.50. The molecular formula is C16H16ClN5. The lowest BCUT2D eigenvalue weighted by Gasteiger charge is -2.12. The summed E-state index contributed by atoms with van der Waals surface area (Å²) in [5.74, 6) is 1.90. The number of hydrogen-bond acceptors (Lipinski definition) is 4. The molecule has 3 aromatic rings. The van der Waals surface area contributed by atoms with Crippen molar-refractivity contribution in [1.82, 2.24) is 19.5 Å². The number of aromatic nitrogens is 4. The summed E-state index contributed by atoms with van der Waals surface area (Å²) >= 11 is 6.02. The second-order valence-corrected chi connectivity index (χ2v) is 5.95. The molecule has 0 aliphatic carbocycles. The molecule has 1 aromatic carbocycles. The molecule has 0 atom stereocenters. The topological polar surface area (TPSA) is 55.6 Å². The summed E-state index contributed by atoms with van der Waals surface area (Å²) in [7, 11) is 0. The van der Waals surface area contributed by atoms with Gasteiger partial charge in [0.2, 0.25) is 0 Å². The molecule has 0 bridgehead atoms. The van der Waals surface area contributed by atoms with Gasteiger partial charge in [-0.2, -0.15) is 0 Å². The number of rotatable bonds is 3. The van der Waals surface area contributed by atoms with Crippen LogP contribution in [0, 0.1) is 0 Å². The molecule has 6 heteroatoms. The molecule has 2 aromatic heterocycles. The van der Waals surface area contributed by atoms with Crippen LogP contribution in [0.5, 0.6) is 0 Å². The van der Waals surface area contributed by atoms with Crippen LogP contribution in [-0.4, -0.2) is 19.5 Å². The lowest BCUT2D eigenvalue weighted by Crippen LogP contribution is -2.10. The number of halogens is 1. The van der Waals surface area contributed by atoms with Gasteiger partial charge >= 0.3 is 0 Å². The minimum atomic E-state index is 0.662. The lowest BCUT2D eigenvalue weighted by molar-refractivity contribution is 0.530. The Morgan fingerprint density at radius 3 is 3.09 bits per heavy atom. The molecule has 112 valence electrons. The van der Waals surface area contributed by atoms with E-state index in [4.69, 9.17) is 16.6 Å². The smallest absolute Gasteiger partial charge is 0.165 e. The Labute approximate surface area is 133 Å². The van der Waals surface area contributed by atoms with E-state index < -0.39 is 0 Å². The molecule has 0 fully saturated rings. The Hall–Kier alpha value is -2.14. The minimum absolute atomic E-state index is 0.662. The summed E-state index contributed by atoms with van der Waals surface area (Å²) in [4.78, 5) is 13.5. The van der Waals surface area contributed by atoms with Gasteiger partial charge in [-0.1, -0.05) is 23.7 Å². The van der Waals surface area contributed by atoms with Gasteiger partial charge < -0.3 is 9.88 Å². The van der Waals surface area contributed by atoms with Gasteiger partial charge in [0.15, 0.2) is 17.0 Å². The van der Waals surface area contributed by atoms with Crippen LogP contribution >= 0.6 is 11.6 Å². The second-order valence-electron chi connectivity index (χ2n) is 5.51. The van der Waals surface area contributed by atoms with E-state index in [1.807, 2.05) is 24.3 Å². The monoisotopic (exact) mass is 313 g/mol. The van der Waals surface area contributed by atoms with E-state index in [1.54, 1.807) is 6.33 Å². The van der Waals surface area contributed by atoms with Crippen LogP contribution in [0.25, 0.3) is 11.2 Å². The van der Waals surface area contributed by atoms with E-state index in [0.29, 0.717) is 6.54 Å². The highest BCUT2D eigenvalue weighted by molar-refractivity contribution is 6.30. The summed E-state index contributed by atoms with van der Waals surface area (Å²) < 4.78 is 2.21. The molecule has 0 radical (unpaired) electrons. The molecule has 0 spiro atoms. The van der Waals surface area contributed by atoms with Crippen molar-refractivity contribution >= 4 is 28.6 Å². The van der Waals surface area contributed by atoms with Crippen LogP contribution in [0.15, 0.2) is 30.6 Å². The summed E-state index contributed by atoms with van der Waals surface area (Å²) in [6.07, 6.45) is 5.01. The second kappa shape index (κ2) is 5.57. The van der Waals surface area contributed by atoms with Gasteiger partial charge in [-0.3, -0.25) is 0 Å². The van der Waals surface area contributed by atoms with Crippen molar-refractivity contribution in [2.75, 3.05) is 5.32 Å². The largest absolute Gasteiger partial charge is 0.364 e. The minimum Gasteiger partial charge on any atom is -0.364 e. The molecule has 5 nitrogen and oxygen atoms in total. The first-order chi connectivity index (χ1) is 10.8. The van der Waals surface area contributed by atoms with E-state index in [9.17, 15) is 0 Å². The third-order valence-corrected chi connectivity index (χ3v) is 4.23. The predicted octanol–water partition coefficient (Wildman–Crippen LogP) is 3.43. The first kappa shape index (κ1) is 13.5. The normalized spacial score (nSPS) is 14.0. The van der Waals surface area contributed by atoms with Crippen LogP contribution in [0.1, 0.15) is 24.2 Å². The standard InChI is InChI=1S/C16H16ClN5/c17-12-5-3-4-11(8-12)9-18-15-14-16(20-10-19-15)22-7-2-1-6-13(22)21-14/h3-5,8,10H,1-2,6-7,9H2,(H,18,19,20). The van der Waals surface area contributed by atoms with Crippen molar-refractivity contribution in [3.63, 3.8) is 0 Å². The molecule has 0 saturated heterocycles. The van der Waals surface area contributed by atoms with Gasteiger partial charge in [0.1, 0.15) is 12.2 Å². The lowest BCUT2D eigenvalue weighted by atomic mass is 10.2. The van der Waals surface area contributed by atoms with E-state index >= 15 is 0 Å². The average molecular weight is 314 g/mol. The number of fused-ring (bicyclic) bond motifs is 3.